The SMILES string of the molecule is CCC1(Nc2ncc(Br)cc2Br)CCC1. The molecule has 0 amide bonds. The summed E-state index contributed by atoms with van der Waals surface area (Å²) in [4.78, 5) is 4.39. The van der Waals surface area contributed by atoms with Gasteiger partial charge < -0.3 is 5.32 Å². The van der Waals surface area contributed by atoms with Crippen LogP contribution in [0, 0.1) is 0 Å². The highest BCUT2D eigenvalue weighted by Crippen LogP contribution is 2.39. The monoisotopic (exact) mass is 332 g/mol. The second-order valence-electron chi connectivity index (χ2n) is 4.10. The summed E-state index contributed by atoms with van der Waals surface area (Å²) >= 11 is 6.93. The first-order valence-corrected chi connectivity index (χ1v) is 6.83. The molecule has 82 valence electrons. The van der Waals surface area contributed by atoms with E-state index in [1.54, 1.807) is 0 Å². The van der Waals surface area contributed by atoms with Gasteiger partial charge >= 0.3 is 0 Å². The van der Waals surface area contributed by atoms with E-state index in [1.807, 2.05) is 12.3 Å². The zero-order valence-corrected chi connectivity index (χ0v) is 11.9. The van der Waals surface area contributed by atoms with Gasteiger partial charge in [-0.25, -0.2) is 4.98 Å². The maximum atomic E-state index is 4.39. The van der Waals surface area contributed by atoms with E-state index in [1.165, 1.54) is 19.3 Å². The first kappa shape index (κ1) is 11.4. The number of halogens is 2. The van der Waals surface area contributed by atoms with Crippen LogP contribution in [0.5, 0.6) is 0 Å². The molecule has 1 fully saturated rings. The molecule has 1 saturated carbocycles. The number of nitrogens with one attached hydrogen (secondary N) is 1. The Balaban J connectivity index is 2.16. The van der Waals surface area contributed by atoms with Crippen molar-refractivity contribution in [3.63, 3.8) is 0 Å². The summed E-state index contributed by atoms with van der Waals surface area (Å²) in [6.45, 7) is 2.24. The first-order chi connectivity index (χ1) is 7.15. The molecule has 0 atom stereocenters. The van der Waals surface area contributed by atoms with Gasteiger partial charge in [-0.2, -0.15) is 0 Å². The molecule has 1 aliphatic carbocycles. The molecule has 15 heavy (non-hydrogen) atoms. The molecule has 2 nitrogen and oxygen atoms in total. The molecular weight excluding hydrogens is 320 g/mol. The third-order valence-electron chi connectivity index (χ3n) is 3.18. The average Bonchev–Trinajstić information content (AvgIpc) is 2.14. The lowest BCUT2D eigenvalue weighted by Gasteiger charge is -2.42. The molecule has 0 saturated heterocycles. The van der Waals surface area contributed by atoms with E-state index in [-0.39, 0.29) is 0 Å². The van der Waals surface area contributed by atoms with Gasteiger partial charge in [0.2, 0.25) is 0 Å². The summed E-state index contributed by atoms with van der Waals surface area (Å²) in [5, 5.41) is 3.56. The zero-order valence-electron chi connectivity index (χ0n) is 8.69. The van der Waals surface area contributed by atoms with Crippen LogP contribution in [-0.2, 0) is 0 Å². The van der Waals surface area contributed by atoms with Crippen LogP contribution in [0.25, 0.3) is 0 Å². The van der Waals surface area contributed by atoms with Crippen LogP contribution in [0.15, 0.2) is 21.2 Å². The van der Waals surface area contributed by atoms with Crippen molar-refractivity contribution in [2.45, 2.75) is 38.1 Å². The van der Waals surface area contributed by atoms with Gasteiger partial charge in [-0.15, -0.1) is 0 Å². The highest BCUT2D eigenvalue weighted by Gasteiger charge is 2.35. The lowest BCUT2D eigenvalue weighted by Crippen LogP contribution is -2.44. The van der Waals surface area contributed by atoms with Crippen LogP contribution in [0.1, 0.15) is 32.6 Å². The molecule has 1 aromatic heterocycles. The van der Waals surface area contributed by atoms with Crippen LogP contribution in [0.4, 0.5) is 5.82 Å². The van der Waals surface area contributed by atoms with Crippen molar-refractivity contribution >= 4 is 37.7 Å². The van der Waals surface area contributed by atoms with Gasteiger partial charge in [0, 0.05) is 16.2 Å². The van der Waals surface area contributed by atoms with Gasteiger partial charge in [0.25, 0.3) is 0 Å². The van der Waals surface area contributed by atoms with Crippen LogP contribution in [-0.4, -0.2) is 10.5 Å². The van der Waals surface area contributed by atoms with E-state index >= 15 is 0 Å². The molecule has 0 unspecified atom stereocenters. The molecule has 0 aliphatic heterocycles. The van der Waals surface area contributed by atoms with E-state index in [4.69, 9.17) is 0 Å². The molecule has 0 radical (unpaired) electrons. The summed E-state index contributed by atoms with van der Waals surface area (Å²) in [6, 6.07) is 2.03. The summed E-state index contributed by atoms with van der Waals surface area (Å²) in [7, 11) is 0. The Hall–Kier alpha value is -0.0900. The van der Waals surface area contributed by atoms with Gasteiger partial charge in [-0.3, -0.25) is 0 Å². The number of anilines is 1. The Labute approximate surface area is 107 Å². The molecule has 4 heteroatoms. The first-order valence-electron chi connectivity index (χ1n) is 5.24. The number of rotatable bonds is 3. The zero-order chi connectivity index (χ0) is 10.9. The number of aromatic nitrogens is 1. The van der Waals surface area contributed by atoms with Crippen LogP contribution < -0.4 is 5.32 Å². The molecule has 1 aliphatic rings. The van der Waals surface area contributed by atoms with Gasteiger partial charge in [0.1, 0.15) is 5.82 Å². The minimum absolute atomic E-state index is 0.295. The highest BCUT2D eigenvalue weighted by atomic mass is 79.9. The number of pyridine rings is 1. The van der Waals surface area contributed by atoms with E-state index < -0.39 is 0 Å². The van der Waals surface area contributed by atoms with E-state index in [0.29, 0.717) is 5.54 Å². The summed E-state index contributed by atoms with van der Waals surface area (Å²) in [5.74, 6) is 0.958. The average molecular weight is 334 g/mol. The quantitative estimate of drug-likeness (QED) is 0.889. The Bertz CT molecular complexity index is 356. The smallest absolute Gasteiger partial charge is 0.140 e. The molecule has 0 aromatic carbocycles. The molecule has 1 aromatic rings. The molecule has 0 bridgehead atoms. The lowest BCUT2D eigenvalue weighted by molar-refractivity contribution is 0.268. The second kappa shape index (κ2) is 4.42. The van der Waals surface area contributed by atoms with Crippen molar-refractivity contribution in [1.82, 2.24) is 4.98 Å². The van der Waals surface area contributed by atoms with Crippen molar-refractivity contribution < 1.29 is 0 Å². The number of hydrogen-bond donors (Lipinski definition) is 1. The Kier molecular flexibility index (Phi) is 3.36. The van der Waals surface area contributed by atoms with E-state index in [2.05, 4.69) is 49.1 Å². The molecular formula is C11H14Br2N2. The van der Waals surface area contributed by atoms with Crippen LogP contribution in [0.2, 0.25) is 0 Å². The second-order valence-corrected chi connectivity index (χ2v) is 5.87. The predicted molar refractivity (Wildman–Crippen MR) is 70.1 cm³/mol. The van der Waals surface area contributed by atoms with Crippen molar-refractivity contribution in [3.8, 4) is 0 Å². The van der Waals surface area contributed by atoms with Crippen molar-refractivity contribution in [2.75, 3.05) is 5.32 Å². The third-order valence-corrected chi connectivity index (χ3v) is 4.22. The highest BCUT2D eigenvalue weighted by molar-refractivity contribution is 9.11. The summed E-state index contributed by atoms with van der Waals surface area (Å²) in [5.41, 5.74) is 0.295. The molecule has 1 heterocycles. The van der Waals surface area contributed by atoms with Gasteiger partial charge in [-0.1, -0.05) is 6.92 Å². The fraction of sp³-hybridized carbons (Fsp3) is 0.545. The van der Waals surface area contributed by atoms with Crippen LogP contribution in [0.3, 0.4) is 0 Å². The lowest BCUT2D eigenvalue weighted by atomic mass is 9.75. The van der Waals surface area contributed by atoms with Crippen molar-refractivity contribution in [2.24, 2.45) is 0 Å². The normalized spacial score (nSPS) is 18.3. The Morgan fingerprint density at radius 2 is 2.20 bits per heavy atom. The number of hydrogen-bond acceptors (Lipinski definition) is 2. The Morgan fingerprint density at radius 3 is 2.67 bits per heavy atom. The van der Waals surface area contributed by atoms with Crippen molar-refractivity contribution in [3.05, 3.63) is 21.2 Å². The minimum Gasteiger partial charge on any atom is -0.364 e. The summed E-state index contributed by atoms with van der Waals surface area (Å²) in [6.07, 6.45) is 6.84. The molecule has 1 N–H and O–H groups in total. The predicted octanol–water partition coefficient (Wildman–Crippen LogP) is 4.35. The van der Waals surface area contributed by atoms with Gasteiger partial charge in [0.05, 0.1) is 4.47 Å². The topological polar surface area (TPSA) is 24.9 Å². The van der Waals surface area contributed by atoms with Crippen molar-refractivity contribution in [1.29, 1.82) is 0 Å². The number of nitrogens with zero attached hydrogens (tertiary/aromatic N) is 1. The molecule has 0 spiro atoms. The third kappa shape index (κ3) is 2.36. The van der Waals surface area contributed by atoms with E-state index in [0.717, 1.165) is 21.2 Å². The standard InChI is InChI=1S/C11H14Br2N2/c1-2-11(4-3-5-11)15-10-9(13)6-8(12)7-14-10/h6-7H,2-5H2,1H3,(H,14,15). The Morgan fingerprint density at radius 1 is 1.47 bits per heavy atom. The fourth-order valence-electron chi connectivity index (χ4n) is 1.93. The fourth-order valence-corrected chi connectivity index (χ4v) is 3.01. The minimum atomic E-state index is 0.295. The van der Waals surface area contributed by atoms with E-state index in [9.17, 15) is 0 Å². The molecule has 2 rings (SSSR count). The maximum Gasteiger partial charge on any atom is 0.140 e. The largest absolute Gasteiger partial charge is 0.364 e. The van der Waals surface area contributed by atoms with Gasteiger partial charge in [0.15, 0.2) is 0 Å². The van der Waals surface area contributed by atoms with Gasteiger partial charge in [-0.05, 0) is 63.6 Å². The van der Waals surface area contributed by atoms with Crippen LogP contribution >= 0.6 is 31.9 Å². The summed E-state index contributed by atoms with van der Waals surface area (Å²) < 4.78 is 2.02. The maximum absolute atomic E-state index is 4.39.